The maximum atomic E-state index is 5.84. The van der Waals surface area contributed by atoms with Crippen LogP contribution in [0.2, 0.25) is 0 Å². The summed E-state index contributed by atoms with van der Waals surface area (Å²) in [4.78, 5) is 10.7. The van der Waals surface area contributed by atoms with E-state index in [1.807, 2.05) is 19.3 Å². The molecule has 1 aromatic heterocycles. The van der Waals surface area contributed by atoms with Crippen molar-refractivity contribution in [2.45, 2.75) is 19.1 Å². The molecule has 0 aliphatic carbocycles. The predicted octanol–water partition coefficient (Wildman–Crippen LogP) is 0.634. The van der Waals surface area contributed by atoms with Gasteiger partial charge in [0.15, 0.2) is 0 Å². The molecule has 0 aromatic carbocycles. The summed E-state index contributed by atoms with van der Waals surface area (Å²) in [5.74, 6) is 0.759. The lowest BCUT2D eigenvalue weighted by Crippen LogP contribution is -2.50. The lowest BCUT2D eigenvalue weighted by atomic mass is 10.1. The Labute approximate surface area is 109 Å². The summed E-state index contributed by atoms with van der Waals surface area (Å²) < 4.78 is 6.63. The molecule has 2 atom stereocenters. The first kappa shape index (κ1) is 12.0. The molecule has 2 N–H and O–H groups in total. The molecule has 2 rings (SSSR count). The van der Waals surface area contributed by atoms with Gasteiger partial charge in [-0.05, 0) is 29.5 Å². The van der Waals surface area contributed by atoms with E-state index in [2.05, 4.69) is 37.5 Å². The number of nitrogens with zero attached hydrogens (tertiary/aromatic N) is 3. The van der Waals surface area contributed by atoms with E-state index in [0.717, 1.165) is 22.6 Å². The fraction of sp³-hybridized carbons (Fsp3) is 0.600. The van der Waals surface area contributed by atoms with Gasteiger partial charge >= 0.3 is 0 Å². The van der Waals surface area contributed by atoms with Crippen LogP contribution in [0, 0.1) is 3.57 Å². The molecule has 0 radical (unpaired) electrons. The van der Waals surface area contributed by atoms with Crippen molar-refractivity contribution in [3.8, 4) is 0 Å². The molecular formula is C10H15IN4O. The van der Waals surface area contributed by atoms with Gasteiger partial charge in [-0.15, -0.1) is 0 Å². The van der Waals surface area contributed by atoms with E-state index >= 15 is 0 Å². The molecule has 5 nitrogen and oxygen atoms in total. The zero-order valence-corrected chi connectivity index (χ0v) is 11.3. The Kier molecular flexibility index (Phi) is 3.93. The Bertz CT molecular complexity index is 343. The average molecular weight is 334 g/mol. The van der Waals surface area contributed by atoms with Gasteiger partial charge in [-0.25, -0.2) is 9.97 Å². The summed E-state index contributed by atoms with van der Waals surface area (Å²) in [6.45, 7) is 4.23. The third kappa shape index (κ3) is 2.80. The minimum atomic E-state index is 0.0339. The van der Waals surface area contributed by atoms with Crippen LogP contribution in [0.4, 0.5) is 5.95 Å². The second kappa shape index (κ2) is 5.24. The number of aromatic nitrogens is 2. The van der Waals surface area contributed by atoms with Crippen molar-refractivity contribution in [3.63, 3.8) is 0 Å². The fourth-order valence-electron chi connectivity index (χ4n) is 1.64. The largest absolute Gasteiger partial charge is 0.373 e. The van der Waals surface area contributed by atoms with Crippen LogP contribution < -0.4 is 10.6 Å². The van der Waals surface area contributed by atoms with Crippen molar-refractivity contribution >= 4 is 28.5 Å². The molecular weight excluding hydrogens is 319 g/mol. The van der Waals surface area contributed by atoms with E-state index in [0.29, 0.717) is 6.61 Å². The average Bonchev–Trinajstić information content (AvgIpc) is 2.30. The normalized spacial score (nSPS) is 23.2. The molecule has 1 fully saturated rings. The number of hydrogen-bond acceptors (Lipinski definition) is 5. The SMILES string of the molecule is CC(N)C1CN(c2ncc(I)cn2)CCO1. The van der Waals surface area contributed by atoms with E-state index in [-0.39, 0.29) is 12.1 Å². The van der Waals surface area contributed by atoms with Crippen LogP contribution in [0.25, 0.3) is 0 Å². The summed E-state index contributed by atoms with van der Waals surface area (Å²) in [6.07, 6.45) is 3.70. The maximum absolute atomic E-state index is 5.84. The van der Waals surface area contributed by atoms with E-state index < -0.39 is 0 Å². The zero-order chi connectivity index (χ0) is 11.5. The van der Waals surface area contributed by atoms with Crippen LogP contribution in [0.15, 0.2) is 12.4 Å². The highest BCUT2D eigenvalue weighted by Crippen LogP contribution is 2.14. The smallest absolute Gasteiger partial charge is 0.225 e. The first-order chi connectivity index (χ1) is 7.66. The van der Waals surface area contributed by atoms with Crippen molar-refractivity contribution in [1.29, 1.82) is 0 Å². The predicted molar refractivity (Wildman–Crippen MR) is 70.4 cm³/mol. The van der Waals surface area contributed by atoms with Gasteiger partial charge in [0.2, 0.25) is 5.95 Å². The first-order valence-corrected chi connectivity index (χ1v) is 6.34. The second-order valence-corrected chi connectivity index (χ2v) is 5.16. The minimum absolute atomic E-state index is 0.0339. The van der Waals surface area contributed by atoms with E-state index in [1.165, 1.54) is 0 Å². The Morgan fingerprint density at radius 2 is 2.25 bits per heavy atom. The van der Waals surface area contributed by atoms with Crippen LogP contribution >= 0.6 is 22.6 Å². The van der Waals surface area contributed by atoms with Crippen LogP contribution in [-0.2, 0) is 4.74 Å². The molecule has 1 aromatic rings. The number of morpholine rings is 1. The molecule has 16 heavy (non-hydrogen) atoms. The molecule has 2 unspecified atom stereocenters. The monoisotopic (exact) mass is 334 g/mol. The summed E-state index contributed by atoms with van der Waals surface area (Å²) in [5.41, 5.74) is 5.84. The van der Waals surface area contributed by atoms with Crippen LogP contribution in [0.5, 0.6) is 0 Å². The Hall–Kier alpha value is -0.470. The van der Waals surface area contributed by atoms with Crippen LogP contribution in [0.1, 0.15) is 6.92 Å². The number of anilines is 1. The summed E-state index contributed by atoms with van der Waals surface area (Å²) in [5, 5.41) is 0. The number of halogens is 1. The molecule has 1 aliphatic heterocycles. The molecule has 1 saturated heterocycles. The highest BCUT2D eigenvalue weighted by atomic mass is 127. The molecule has 0 bridgehead atoms. The quantitative estimate of drug-likeness (QED) is 0.804. The van der Waals surface area contributed by atoms with Gasteiger partial charge < -0.3 is 15.4 Å². The number of ether oxygens (including phenoxy) is 1. The second-order valence-electron chi connectivity index (χ2n) is 3.92. The molecule has 2 heterocycles. The zero-order valence-electron chi connectivity index (χ0n) is 9.14. The van der Waals surface area contributed by atoms with Gasteiger partial charge in [-0.1, -0.05) is 0 Å². The van der Waals surface area contributed by atoms with Gasteiger partial charge in [0, 0.05) is 35.1 Å². The van der Waals surface area contributed by atoms with Gasteiger partial charge in [0.25, 0.3) is 0 Å². The summed E-state index contributed by atoms with van der Waals surface area (Å²) in [7, 11) is 0. The van der Waals surface area contributed by atoms with Gasteiger partial charge in [-0.2, -0.15) is 0 Å². The number of hydrogen-bond donors (Lipinski definition) is 1. The maximum Gasteiger partial charge on any atom is 0.225 e. The van der Waals surface area contributed by atoms with Crippen molar-refractivity contribution in [3.05, 3.63) is 16.0 Å². The van der Waals surface area contributed by atoms with Gasteiger partial charge in [0.05, 0.1) is 12.7 Å². The van der Waals surface area contributed by atoms with Gasteiger partial charge in [-0.3, -0.25) is 0 Å². The van der Waals surface area contributed by atoms with Crippen molar-refractivity contribution in [2.24, 2.45) is 5.73 Å². The standard InChI is InChI=1S/C10H15IN4O/c1-7(12)9-6-15(2-3-16-9)10-13-4-8(11)5-14-10/h4-5,7,9H,2-3,6,12H2,1H3. The van der Waals surface area contributed by atoms with Crippen LogP contribution in [0.3, 0.4) is 0 Å². The molecule has 0 amide bonds. The fourth-order valence-corrected chi connectivity index (χ4v) is 1.92. The highest BCUT2D eigenvalue weighted by molar-refractivity contribution is 14.1. The molecule has 6 heteroatoms. The molecule has 0 spiro atoms. The van der Waals surface area contributed by atoms with Crippen molar-refractivity contribution < 1.29 is 4.74 Å². The Balaban J connectivity index is 2.06. The topological polar surface area (TPSA) is 64.3 Å². The van der Waals surface area contributed by atoms with Crippen LogP contribution in [-0.4, -0.2) is 41.8 Å². The van der Waals surface area contributed by atoms with Crippen molar-refractivity contribution in [2.75, 3.05) is 24.6 Å². The summed E-state index contributed by atoms with van der Waals surface area (Å²) in [6, 6.07) is 0.0339. The minimum Gasteiger partial charge on any atom is -0.373 e. The van der Waals surface area contributed by atoms with E-state index in [1.54, 1.807) is 0 Å². The third-order valence-electron chi connectivity index (χ3n) is 2.57. The molecule has 0 saturated carbocycles. The third-order valence-corrected chi connectivity index (χ3v) is 3.13. The van der Waals surface area contributed by atoms with Gasteiger partial charge in [0.1, 0.15) is 0 Å². The molecule has 88 valence electrons. The van der Waals surface area contributed by atoms with E-state index in [4.69, 9.17) is 10.5 Å². The molecule has 1 aliphatic rings. The summed E-state index contributed by atoms with van der Waals surface area (Å²) >= 11 is 2.19. The highest BCUT2D eigenvalue weighted by Gasteiger charge is 2.24. The lowest BCUT2D eigenvalue weighted by molar-refractivity contribution is 0.0271. The Morgan fingerprint density at radius 1 is 1.56 bits per heavy atom. The van der Waals surface area contributed by atoms with Crippen molar-refractivity contribution in [1.82, 2.24) is 9.97 Å². The van der Waals surface area contributed by atoms with E-state index in [9.17, 15) is 0 Å². The first-order valence-electron chi connectivity index (χ1n) is 5.26. The lowest BCUT2D eigenvalue weighted by Gasteiger charge is -2.34. The number of nitrogens with two attached hydrogens (primary N) is 1. The Morgan fingerprint density at radius 3 is 2.88 bits per heavy atom. The number of rotatable bonds is 2.